The van der Waals surface area contributed by atoms with E-state index in [9.17, 15) is 13.2 Å². The Morgan fingerprint density at radius 1 is 1.08 bits per heavy atom. The van der Waals surface area contributed by atoms with Gasteiger partial charge in [0.15, 0.2) is 5.95 Å². The molecule has 1 unspecified atom stereocenters. The van der Waals surface area contributed by atoms with Crippen molar-refractivity contribution in [3.63, 3.8) is 0 Å². The van der Waals surface area contributed by atoms with Crippen molar-refractivity contribution in [2.45, 2.75) is 31.6 Å². The molecule has 0 saturated heterocycles. The topological polar surface area (TPSA) is 76.8 Å². The molecular formula is C30H26ClF3N4O. The van der Waals surface area contributed by atoms with Gasteiger partial charge in [0.25, 0.3) is 5.92 Å². The Hall–Kier alpha value is -4.04. The molecule has 2 aromatic heterocycles. The van der Waals surface area contributed by atoms with Crippen molar-refractivity contribution in [3.8, 4) is 5.75 Å². The number of hydrogen-bond donors (Lipinski definition) is 2. The predicted octanol–water partition coefficient (Wildman–Crippen LogP) is 7.44. The highest BCUT2D eigenvalue weighted by atomic mass is 35.5. The molecule has 0 saturated carbocycles. The van der Waals surface area contributed by atoms with Crippen LogP contribution in [0.4, 0.5) is 19.1 Å². The standard InChI is InChI=1S/C21H17ClF3N.C9H9N3O/c1-21(24,25)16-10-15(11-18(23)12-16)19(9-14-5-3-2-4-6-14)20-8-7-17(22)13-26-20;10-9-11-6-3-5-1-2-13-8(5)4-7(6)12-9/h2-8,10-13,19H,9H2,1H3;3-4H,1-2H2,(H3,10,11,12). The molecule has 0 fully saturated rings. The number of alkyl halides is 2. The number of anilines is 1. The van der Waals surface area contributed by atoms with Gasteiger partial charge in [-0.2, -0.15) is 0 Å². The summed E-state index contributed by atoms with van der Waals surface area (Å²) in [5.74, 6) is -2.78. The summed E-state index contributed by atoms with van der Waals surface area (Å²) in [5, 5.41) is 0.479. The van der Waals surface area contributed by atoms with E-state index in [-0.39, 0.29) is 11.5 Å². The average Bonchev–Trinajstić information content (AvgIpc) is 3.51. The van der Waals surface area contributed by atoms with Gasteiger partial charge in [0, 0.05) is 42.8 Å². The van der Waals surface area contributed by atoms with E-state index in [0.717, 1.165) is 48.4 Å². The third kappa shape index (κ3) is 6.34. The van der Waals surface area contributed by atoms with Crippen LogP contribution in [0, 0.1) is 5.82 Å². The Balaban J connectivity index is 0.000000196. The Labute approximate surface area is 228 Å². The molecule has 3 aromatic carbocycles. The van der Waals surface area contributed by atoms with Crippen LogP contribution in [-0.2, 0) is 18.8 Å². The predicted molar refractivity (Wildman–Crippen MR) is 147 cm³/mol. The van der Waals surface area contributed by atoms with Gasteiger partial charge in [0.05, 0.1) is 22.7 Å². The van der Waals surface area contributed by atoms with Gasteiger partial charge in [-0.25, -0.2) is 18.2 Å². The lowest BCUT2D eigenvalue weighted by atomic mass is 9.87. The fraction of sp³-hybridized carbons (Fsp3) is 0.200. The van der Waals surface area contributed by atoms with Crippen molar-refractivity contribution in [2.75, 3.05) is 12.3 Å². The maximum absolute atomic E-state index is 14.1. The van der Waals surface area contributed by atoms with E-state index in [1.165, 1.54) is 23.9 Å². The molecular weight excluding hydrogens is 525 g/mol. The summed E-state index contributed by atoms with van der Waals surface area (Å²) in [7, 11) is 0. The van der Waals surface area contributed by atoms with E-state index < -0.39 is 11.7 Å². The fourth-order valence-electron chi connectivity index (χ4n) is 4.61. The minimum absolute atomic E-state index is 0.348. The highest BCUT2D eigenvalue weighted by molar-refractivity contribution is 6.30. The average molecular weight is 551 g/mol. The number of pyridine rings is 1. The molecule has 0 amide bonds. The molecule has 1 aliphatic heterocycles. The number of imidazole rings is 1. The maximum Gasteiger partial charge on any atom is 0.270 e. The van der Waals surface area contributed by atoms with E-state index in [4.69, 9.17) is 22.1 Å². The largest absolute Gasteiger partial charge is 0.493 e. The van der Waals surface area contributed by atoms with Gasteiger partial charge in [-0.05, 0) is 59.5 Å². The number of rotatable bonds is 5. The third-order valence-electron chi connectivity index (χ3n) is 6.53. The molecule has 3 N–H and O–H groups in total. The lowest BCUT2D eigenvalue weighted by Gasteiger charge is -2.20. The number of hydrogen-bond acceptors (Lipinski definition) is 4. The second-order valence-corrected chi connectivity index (χ2v) is 9.94. The van der Waals surface area contributed by atoms with Crippen LogP contribution in [0.15, 0.2) is 79.0 Å². The van der Waals surface area contributed by atoms with Crippen LogP contribution in [0.3, 0.4) is 0 Å². The Morgan fingerprint density at radius 2 is 1.87 bits per heavy atom. The molecule has 9 heteroatoms. The number of nitrogen functional groups attached to an aromatic ring is 1. The zero-order chi connectivity index (χ0) is 27.6. The van der Waals surface area contributed by atoms with E-state index in [1.807, 2.05) is 36.4 Å². The van der Waals surface area contributed by atoms with Crippen molar-refractivity contribution in [1.29, 1.82) is 0 Å². The number of nitrogens with two attached hydrogens (primary N) is 1. The van der Waals surface area contributed by atoms with Gasteiger partial charge in [-0.1, -0.05) is 41.9 Å². The SMILES string of the molecule is CC(F)(F)c1cc(F)cc(C(Cc2ccccc2)c2ccc(Cl)cn2)c1.Nc1nc2cc3c(cc2[nH]1)CCO3. The molecule has 5 nitrogen and oxygen atoms in total. The van der Waals surface area contributed by atoms with Crippen LogP contribution in [0.2, 0.25) is 5.02 Å². The summed E-state index contributed by atoms with van der Waals surface area (Å²) in [6.45, 7) is 1.54. The molecule has 0 aliphatic carbocycles. The second kappa shape index (κ2) is 11.0. The number of nitrogens with zero attached hydrogens (tertiary/aromatic N) is 2. The van der Waals surface area contributed by atoms with E-state index in [2.05, 4.69) is 21.0 Å². The zero-order valence-corrected chi connectivity index (χ0v) is 21.9. The van der Waals surface area contributed by atoms with Crippen molar-refractivity contribution in [3.05, 3.63) is 118 Å². The molecule has 200 valence electrons. The highest BCUT2D eigenvalue weighted by Gasteiger charge is 2.27. The van der Waals surface area contributed by atoms with Gasteiger partial charge in [0.2, 0.25) is 0 Å². The minimum atomic E-state index is -3.12. The van der Waals surface area contributed by atoms with Crippen LogP contribution in [0.5, 0.6) is 5.75 Å². The first-order valence-electron chi connectivity index (χ1n) is 12.4. The number of aromatic nitrogens is 3. The van der Waals surface area contributed by atoms with Crippen LogP contribution in [0.1, 0.15) is 40.8 Å². The van der Waals surface area contributed by atoms with Crippen molar-refractivity contribution in [2.24, 2.45) is 0 Å². The number of nitrogens with one attached hydrogen (secondary N) is 1. The first kappa shape index (κ1) is 26.6. The first-order chi connectivity index (χ1) is 18.7. The third-order valence-corrected chi connectivity index (χ3v) is 6.75. The minimum Gasteiger partial charge on any atom is -0.493 e. The Kier molecular flexibility index (Phi) is 7.48. The summed E-state index contributed by atoms with van der Waals surface area (Å²) in [5.41, 5.74) is 10.4. The van der Waals surface area contributed by atoms with Crippen LogP contribution >= 0.6 is 11.6 Å². The summed E-state index contributed by atoms with van der Waals surface area (Å²) in [4.78, 5) is 11.5. The number of ether oxygens (including phenoxy) is 1. The van der Waals surface area contributed by atoms with Gasteiger partial charge in [-0.15, -0.1) is 0 Å². The highest BCUT2D eigenvalue weighted by Crippen LogP contribution is 2.34. The van der Waals surface area contributed by atoms with Gasteiger partial charge < -0.3 is 15.5 Å². The Morgan fingerprint density at radius 3 is 2.59 bits per heavy atom. The zero-order valence-electron chi connectivity index (χ0n) is 21.1. The molecule has 39 heavy (non-hydrogen) atoms. The van der Waals surface area contributed by atoms with Crippen molar-refractivity contribution < 1.29 is 17.9 Å². The quantitative estimate of drug-likeness (QED) is 0.238. The monoisotopic (exact) mass is 550 g/mol. The molecule has 6 rings (SSSR count). The summed E-state index contributed by atoms with van der Waals surface area (Å²) in [6.07, 6.45) is 2.99. The van der Waals surface area contributed by atoms with Crippen LogP contribution < -0.4 is 10.5 Å². The van der Waals surface area contributed by atoms with E-state index in [1.54, 1.807) is 12.1 Å². The molecule has 3 heterocycles. The Bertz CT molecular complexity index is 1540. The van der Waals surface area contributed by atoms with Crippen molar-refractivity contribution in [1.82, 2.24) is 15.0 Å². The van der Waals surface area contributed by atoms with Crippen molar-refractivity contribution >= 4 is 28.6 Å². The molecule has 0 spiro atoms. The lowest BCUT2D eigenvalue weighted by Crippen LogP contribution is -2.12. The summed E-state index contributed by atoms with van der Waals surface area (Å²) >= 11 is 5.91. The summed E-state index contributed by atoms with van der Waals surface area (Å²) in [6, 6.07) is 20.5. The van der Waals surface area contributed by atoms with Crippen LogP contribution in [0.25, 0.3) is 11.0 Å². The first-order valence-corrected chi connectivity index (χ1v) is 12.8. The molecule has 1 aliphatic rings. The molecule has 0 bridgehead atoms. The van der Waals surface area contributed by atoms with Gasteiger partial charge in [0.1, 0.15) is 11.6 Å². The molecule has 0 radical (unpaired) electrons. The van der Waals surface area contributed by atoms with Gasteiger partial charge >= 0.3 is 0 Å². The number of H-pyrrole nitrogens is 1. The number of fused-ring (bicyclic) bond motifs is 2. The number of halogens is 4. The fourth-order valence-corrected chi connectivity index (χ4v) is 4.72. The van der Waals surface area contributed by atoms with E-state index >= 15 is 0 Å². The second-order valence-electron chi connectivity index (χ2n) is 9.50. The lowest BCUT2D eigenvalue weighted by molar-refractivity contribution is 0.0170. The molecule has 5 aromatic rings. The maximum atomic E-state index is 14.1. The smallest absolute Gasteiger partial charge is 0.270 e. The normalized spacial score (nSPS) is 13.4. The molecule has 1 atom stereocenters. The van der Waals surface area contributed by atoms with Gasteiger partial charge in [-0.3, -0.25) is 4.98 Å². The number of aromatic amines is 1. The summed E-state index contributed by atoms with van der Waals surface area (Å²) < 4.78 is 47.0. The van der Waals surface area contributed by atoms with Crippen LogP contribution in [-0.4, -0.2) is 21.6 Å². The number of benzene rings is 3. The van der Waals surface area contributed by atoms with E-state index in [0.29, 0.717) is 28.6 Å².